The van der Waals surface area contributed by atoms with Gasteiger partial charge >= 0.3 is 0 Å². The van der Waals surface area contributed by atoms with Gasteiger partial charge in [-0.3, -0.25) is 9.59 Å². The third-order valence-electron chi connectivity index (χ3n) is 3.67. The second kappa shape index (κ2) is 8.18. The Morgan fingerprint density at radius 2 is 2.14 bits per heavy atom. The predicted octanol–water partition coefficient (Wildman–Crippen LogP) is 2.69. The lowest BCUT2D eigenvalue weighted by Crippen LogP contribution is -2.34. The first-order chi connectivity index (χ1) is 10.5. The van der Waals surface area contributed by atoms with E-state index >= 15 is 0 Å². The highest BCUT2D eigenvalue weighted by atomic mass is 35.5. The number of rotatable bonds is 8. The summed E-state index contributed by atoms with van der Waals surface area (Å²) in [7, 11) is 0. The Morgan fingerprint density at radius 1 is 1.36 bits per heavy atom. The molecule has 1 aliphatic carbocycles. The molecule has 2 N–H and O–H groups in total. The van der Waals surface area contributed by atoms with E-state index in [9.17, 15) is 9.59 Å². The minimum Gasteiger partial charge on any atom is -0.356 e. The van der Waals surface area contributed by atoms with Crippen LogP contribution < -0.4 is 10.6 Å². The fourth-order valence-electron chi connectivity index (χ4n) is 2.37. The first kappa shape index (κ1) is 16.8. The Hall–Kier alpha value is -1.55. The van der Waals surface area contributed by atoms with Crippen LogP contribution in [0.3, 0.4) is 0 Å². The van der Waals surface area contributed by atoms with Crippen molar-refractivity contribution in [1.29, 1.82) is 0 Å². The summed E-state index contributed by atoms with van der Waals surface area (Å²) < 4.78 is 0. The van der Waals surface area contributed by atoms with E-state index in [0.29, 0.717) is 24.4 Å². The molecule has 4 nitrogen and oxygen atoms in total. The van der Waals surface area contributed by atoms with Gasteiger partial charge in [-0.05, 0) is 50.3 Å². The molecular weight excluding hydrogens is 300 g/mol. The molecule has 1 unspecified atom stereocenters. The van der Waals surface area contributed by atoms with Gasteiger partial charge in [0.15, 0.2) is 0 Å². The van der Waals surface area contributed by atoms with Crippen molar-refractivity contribution in [3.8, 4) is 0 Å². The summed E-state index contributed by atoms with van der Waals surface area (Å²) in [6.45, 7) is 2.55. The monoisotopic (exact) mass is 322 g/mol. The average Bonchev–Trinajstić information content (AvgIpc) is 3.27. The molecule has 1 aromatic carbocycles. The SMILES string of the molecule is CC(Cc1cccc(Cl)c1)NC(=O)CCCNC(=O)C1CC1. The zero-order valence-corrected chi connectivity index (χ0v) is 13.7. The molecule has 1 fully saturated rings. The van der Waals surface area contributed by atoms with E-state index in [1.54, 1.807) is 0 Å². The number of hydrogen-bond acceptors (Lipinski definition) is 2. The van der Waals surface area contributed by atoms with Crippen molar-refractivity contribution < 1.29 is 9.59 Å². The molecule has 120 valence electrons. The number of carbonyl (C=O) groups excluding carboxylic acids is 2. The third-order valence-corrected chi connectivity index (χ3v) is 3.90. The summed E-state index contributed by atoms with van der Waals surface area (Å²) >= 11 is 5.95. The van der Waals surface area contributed by atoms with Crippen LogP contribution in [-0.4, -0.2) is 24.4 Å². The molecule has 0 bridgehead atoms. The molecule has 0 saturated heterocycles. The number of benzene rings is 1. The maximum absolute atomic E-state index is 11.9. The average molecular weight is 323 g/mol. The van der Waals surface area contributed by atoms with Crippen LogP contribution in [0, 0.1) is 5.92 Å². The lowest BCUT2D eigenvalue weighted by atomic mass is 10.1. The molecule has 0 heterocycles. The van der Waals surface area contributed by atoms with Gasteiger partial charge < -0.3 is 10.6 Å². The van der Waals surface area contributed by atoms with E-state index in [1.807, 2.05) is 31.2 Å². The molecule has 0 aliphatic heterocycles. The van der Waals surface area contributed by atoms with Crippen LogP contribution >= 0.6 is 11.6 Å². The minimum atomic E-state index is 0.0233. The van der Waals surface area contributed by atoms with Gasteiger partial charge in [0.1, 0.15) is 0 Å². The second-order valence-electron chi connectivity index (χ2n) is 5.97. The molecule has 0 radical (unpaired) electrons. The number of hydrogen-bond donors (Lipinski definition) is 2. The third kappa shape index (κ3) is 6.06. The molecule has 1 saturated carbocycles. The maximum atomic E-state index is 11.9. The van der Waals surface area contributed by atoms with E-state index in [-0.39, 0.29) is 23.8 Å². The van der Waals surface area contributed by atoms with Crippen LogP contribution in [0.15, 0.2) is 24.3 Å². The first-order valence-electron chi connectivity index (χ1n) is 7.86. The van der Waals surface area contributed by atoms with Crippen LogP contribution in [-0.2, 0) is 16.0 Å². The zero-order valence-electron chi connectivity index (χ0n) is 12.9. The molecular formula is C17H23ClN2O2. The smallest absolute Gasteiger partial charge is 0.223 e. The van der Waals surface area contributed by atoms with Crippen LogP contribution in [0.1, 0.15) is 38.2 Å². The normalized spacial score (nSPS) is 15.2. The molecule has 1 aliphatic rings. The van der Waals surface area contributed by atoms with Crippen molar-refractivity contribution >= 4 is 23.4 Å². The van der Waals surface area contributed by atoms with Crippen LogP contribution in [0.4, 0.5) is 0 Å². The Labute approximate surface area is 136 Å². The van der Waals surface area contributed by atoms with Gasteiger partial charge in [-0.2, -0.15) is 0 Å². The second-order valence-corrected chi connectivity index (χ2v) is 6.41. The molecule has 1 aromatic rings. The van der Waals surface area contributed by atoms with Crippen molar-refractivity contribution in [2.45, 2.75) is 45.1 Å². The Balaban J connectivity index is 1.60. The van der Waals surface area contributed by atoms with E-state index in [0.717, 1.165) is 24.8 Å². The minimum absolute atomic E-state index is 0.0233. The van der Waals surface area contributed by atoms with Crippen molar-refractivity contribution in [2.24, 2.45) is 5.92 Å². The molecule has 5 heteroatoms. The fraction of sp³-hybridized carbons (Fsp3) is 0.529. The highest BCUT2D eigenvalue weighted by Crippen LogP contribution is 2.28. The van der Waals surface area contributed by atoms with E-state index in [2.05, 4.69) is 10.6 Å². The van der Waals surface area contributed by atoms with E-state index < -0.39 is 0 Å². The highest BCUT2D eigenvalue weighted by molar-refractivity contribution is 6.30. The molecule has 0 spiro atoms. The molecule has 2 amide bonds. The van der Waals surface area contributed by atoms with Crippen molar-refractivity contribution in [1.82, 2.24) is 10.6 Å². The predicted molar refractivity (Wildman–Crippen MR) is 87.7 cm³/mol. The Morgan fingerprint density at radius 3 is 2.82 bits per heavy atom. The number of carbonyl (C=O) groups is 2. The Kier molecular flexibility index (Phi) is 6.25. The van der Waals surface area contributed by atoms with E-state index in [1.165, 1.54) is 0 Å². The van der Waals surface area contributed by atoms with Crippen LogP contribution in [0.5, 0.6) is 0 Å². The number of nitrogens with one attached hydrogen (secondary N) is 2. The fourth-order valence-corrected chi connectivity index (χ4v) is 2.58. The van der Waals surface area contributed by atoms with Crippen molar-refractivity contribution in [3.05, 3.63) is 34.9 Å². The molecule has 1 atom stereocenters. The molecule has 2 rings (SSSR count). The molecule has 22 heavy (non-hydrogen) atoms. The molecule has 0 aromatic heterocycles. The standard InChI is InChI=1S/C17H23ClN2O2/c1-12(10-13-4-2-5-15(18)11-13)20-16(21)6-3-9-19-17(22)14-7-8-14/h2,4-5,11-12,14H,3,6-10H2,1H3,(H,19,22)(H,20,21). The van der Waals surface area contributed by atoms with Crippen LogP contribution in [0.2, 0.25) is 5.02 Å². The van der Waals surface area contributed by atoms with Crippen molar-refractivity contribution in [3.63, 3.8) is 0 Å². The summed E-state index contributed by atoms with van der Waals surface area (Å²) in [4.78, 5) is 23.3. The van der Waals surface area contributed by atoms with Gasteiger partial charge in [0.05, 0.1) is 0 Å². The lowest BCUT2D eigenvalue weighted by Gasteiger charge is -2.14. The van der Waals surface area contributed by atoms with Gasteiger partial charge in [-0.25, -0.2) is 0 Å². The maximum Gasteiger partial charge on any atom is 0.223 e. The lowest BCUT2D eigenvalue weighted by molar-refractivity contribution is -0.123. The summed E-state index contributed by atoms with van der Waals surface area (Å²) in [5.41, 5.74) is 1.11. The Bertz CT molecular complexity index is 529. The van der Waals surface area contributed by atoms with Gasteiger partial charge in [0, 0.05) is 29.9 Å². The number of amides is 2. The summed E-state index contributed by atoms with van der Waals surface area (Å²) in [5, 5.41) is 6.55. The summed E-state index contributed by atoms with van der Waals surface area (Å²) in [6.07, 6.45) is 3.88. The summed E-state index contributed by atoms with van der Waals surface area (Å²) in [6, 6.07) is 7.73. The van der Waals surface area contributed by atoms with Crippen LogP contribution in [0.25, 0.3) is 0 Å². The van der Waals surface area contributed by atoms with Gasteiger partial charge in [0.25, 0.3) is 0 Å². The summed E-state index contributed by atoms with van der Waals surface area (Å²) in [5.74, 6) is 0.386. The largest absolute Gasteiger partial charge is 0.356 e. The van der Waals surface area contributed by atoms with E-state index in [4.69, 9.17) is 11.6 Å². The van der Waals surface area contributed by atoms with Gasteiger partial charge in [0.2, 0.25) is 11.8 Å². The highest BCUT2D eigenvalue weighted by Gasteiger charge is 2.28. The first-order valence-corrected chi connectivity index (χ1v) is 8.24. The zero-order chi connectivity index (χ0) is 15.9. The quantitative estimate of drug-likeness (QED) is 0.723. The van der Waals surface area contributed by atoms with Gasteiger partial charge in [-0.1, -0.05) is 23.7 Å². The topological polar surface area (TPSA) is 58.2 Å². The van der Waals surface area contributed by atoms with Gasteiger partial charge in [-0.15, -0.1) is 0 Å². The van der Waals surface area contributed by atoms with Crippen molar-refractivity contribution in [2.75, 3.05) is 6.54 Å². The number of halogens is 1.